The average molecular weight is 208 g/mol. The molecule has 0 aliphatic rings. The van der Waals surface area contributed by atoms with Crippen LogP contribution in [-0.2, 0) is 0 Å². The molecule has 0 fully saturated rings. The van der Waals surface area contributed by atoms with Crippen LogP contribution < -0.4 is 0 Å². The number of rotatable bonds is 1. The summed E-state index contributed by atoms with van der Waals surface area (Å²) < 4.78 is 12.9. The molecular weight excluding hydrogens is 204 g/mol. The van der Waals surface area contributed by atoms with Crippen LogP contribution in [0, 0.1) is 5.82 Å². The Morgan fingerprint density at radius 2 is 2.08 bits per heavy atom. The molecule has 0 heterocycles. The summed E-state index contributed by atoms with van der Waals surface area (Å²) in [6.07, 6.45) is 0.892. The fourth-order valence-electron chi connectivity index (χ4n) is 0.719. The molecule has 1 aromatic rings. The zero-order valence-corrected chi connectivity index (χ0v) is 7.27. The predicted octanol–water partition coefficient (Wildman–Crippen LogP) is 2.94. The highest BCUT2D eigenvalue weighted by molar-refractivity contribution is 6.43. The lowest BCUT2D eigenvalue weighted by Gasteiger charge is -2.00. The van der Waals surface area contributed by atoms with E-state index < -0.39 is 5.82 Å². The molecule has 1 aromatic carbocycles. The van der Waals surface area contributed by atoms with Gasteiger partial charge in [-0.3, -0.25) is 0 Å². The highest BCUT2D eigenvalue weighted by Gasteiger charge is 2.08. The van der Waals surface area contributed by atoms with Crippen LogP contribution in [0.25, 0.3) is 0 Å². The molecule has 0 saturated carbocycles. The van der Waals surface area contributed by atoms with E-state index in [0.29, 0.717) is 0 Å². The van der Waals surface area contributed by atoms with E-state index in [4.69, 9.17) is 28.4 Å². The van der Waals surface area contributed by atoms with Crippen LogP contribution in [0.1, 0.15) is 5.56 Å². The summed E-state index contributed by atoms with van der Waals surface area (Å²) in [5, 5.41) is 11.1. The summed E-state index contributed by atoms with van der Waals surface area (Å²) in [4.78, 5) is 0. The van der Waals surface area contributed by atoms with E-state index in [-0.39, 0.29) is 15.6 Å². The molecule has 5 heteroatoms. The molecule has 0 spiro atoms. The topological polar surface area (TPSA) is 32.6 Å². The van der Waals surface area contributed by atoms with Gasteiger partial charge in [0.1, 0.15) is 5.82 Å². The molecule has 0 aliphatic heterocycles. The SMILES string of the molecule is ON=Cc1c(F)ccc(Cl)c1Cl. The number of nitrogens with zero attached hydrogens (tertiary/aromatic N) is 1. The van der Waals surface area contributed by atoms with Gasteiger partial charge < -0.3 is 5.21 Å². The van der Waals surface area contributed by atoms with Crippen LogP contribution in [0.5, 0.6) is 0 Å². The first-order valence-corrected chi connectivity index (χ1v) is 3.73. The summed E-state index contributed by atoms with van der Waals surface area (Å²) in [5.41, 5.74) is -0.0216. The summed E-state index contributed by atoms with van der Waals surface area (Å²) in [6, 6.07) is 2.47. The maximum Gasteiger partial charge on any atom is 0.133 e. The van der Waals surface area contributed by atoms with Gasteiger partial charge in [-0.25, -0.2) is 4.39 Å². The Bertz CT molecular complexity index is 327. The highest BCUT2D eigenvalue weighted by atomic mass is 35.5. The van der Waals surface area contributed by atoms with E-state index in [1.54, 1.807) is 0 Å². The van der Waals surface area contributed by atoms with E-state index in [2.05, 4.69) is 5.16 Å². The molecule has 0 bridgehead atoms. The summed E-state index contributed by atoms with van der Waals surface area (Å²) in [6.45, 7) is 0. The van der Waals surface area contributed by atoms with Crippen molar-refractivity contribution < 1.29 is 9.60 Å². The molecule has 0 aliphatic carbocycles. The van der Waals surface area contributed by atoms with Crippen molar-refractivity contribution >= 4 is 29.4 Å². The van der Waals surface area contributed by atoms with Gasteiger partial charge in [0.2, 0.25) is 0 Å². The van der Waals surface area contributed by atoms with Gasteiger partial charge >= 0.3 is 0 Å². The van der Waals surface area contributed by atoms with E-state index in [1.165, 1.54) is 6.07 Å². The Hall–Kier alpha value is -0.800. The van der Waals surface area contributed by atoms with Gasteiger partial charge in [0.25, 0.3) is 0 Å². The first kappa shape index (κ1) is 9.29. The van der Waals surface area contributed by atoms with Gasteiger partial charge in [0.15, 0.2) is 0 Å². The maximum absolute atomic E-state index is 12.9. The van der Waals surface area contributed by atoms with Crippen molar-refractivity contribution in [1.82, 2.24) is 0 Å². The molecular formula is C7H4Cl2FNO. The largest absolute Gasteiger partial charge is 0.411 e. The zero-order valence-electron chi connectivity index (χ0n) is 5.76. The molecule has 1 rings (SSSR count). The minimum absolute atomic E-state index is 0.0216. The van der Waals surface area contributed by atoms with E-state index in [1.807, 2.05) is 0 Å². The number of benzene rings is 1. The van der Waals surface area contributed by atoms with Gasteiger partial charge in [-0.05, 0) is 12.1 Å². The van der Waals surface area contributed by atoms with Crippen molar-refractivity contribution in [1.29, 1.82) is 0 Å². The first-order chi connectivity index (χ1) is 5.66. The minimum atomic E-state index is -0.581. The fourth-order valence-corrected chi connectivity index (χ4v) is 1.09. The molecule has 64 valence electrons. The van der Waals surface area contributed by atoms with Crippen LogP contribution >= 0.6 is 23.2 Å². The number of halogens is 3. The standard InChI is InChI=1S/C7H4Cl2FNO/c8-5-1-2-6(10)4(3-11-12)7(5)9/h1-3,12H. The predicted molar refractivity (Wildman–Crippen MR) is 45.8 cm³/mol. The van der Waals surface area contributed by atoms with E-state index >= 15 is 0 Å². The highest BCUT2D eigenvalue weighted by Crippen LogP contribution is 2.26. The van der Waals surface area contributed by atoms with Crippen molar-refractivity contribution in [2.75, 3.05) is 0 Å². The normalized spacial score (nSPS) is 10.9. The Labute approximate surface area is 78.2 Å². The monoisotopic (exact) mass is 207 g/mol. The van der Waals surface area contributed by atoms with Crippen LogP contribution in [0.2, 0.25) is 10.0 Å². The van der Waals surface area contributed by atoms with Crippen molar-refractivity contribution in [2.45, 2.75) is 0 Å². The molecule has 0 atom stereocenters. The van der Waals surface area contributed by atoms with Gasteiger partial charge in [0.05, 0.1) is 21.8 Å². The van der Waals surface area contributed by atoms with Gasteiger partial charge in [-0.1, -0.05) is 28.4 Å². The molecule has 12 heavy (non-hydrogen) atoms. The molecule has 0 amide bonds. The van der Waals surface area contributed by atoms with Crippen LogP contribution in [0.15, 0.2) is 17.3 Å². The lowest BCUT2D eigenvalue weighted by atomic mass is 10.2. The van der Waals surface area contributed by atoms with Crippen molar-refractivity contribution in [2.24, 2.45) is 5.16 Å². The maximum atomic E-state index is 12.9. The Morgan fingerprint density at radius 3 is 2.67 bits per heavy atom. The summed E-state index contributed by atoms with van der Waals surface area (Å²) in [5.74, 6) is -0.581. The number of hydrogen-bond donors (Lipinski definition) is 1. The lowest BCUT2D eigenvalue weighted by Crippen LogP contribution is -1.90. The lowest BCUT2D eigenvalue weighted by molar-refractivity contribution is 0.321. The third kappa shape index (κ3) is 1.68. The number of oxime groups is 1. The van der Waals surface area contributed by atoms with Crippen molar-refractivity contribution in [3.05, 3.63) is 33.6 Å². The molecule has 0 radical (unpaired) electrons. The van der Waals surface area contributed by atoms with Gasteiger partial charge in [0, 0.05) is 0 Å². The average Bonchev–Trinajstić information content (AvgIpc) is 2.06. The fraction of sp³-hybridized carbons (Fsp3) is 0. The molecule has 0 unspecified atom stereocenters. The third-order valence-corrected chi connectivity index (χ3v) is 2.09. The first-order valence-electron chi connectivity index (χ1n) is 2.97. The zero-order chi connectivity index (χ0) is 9.14. The minimum Gasteiger partial charge on any atom is -0.411 e. The number of hydrogen-bond acceptors (Lipinski definition) is 2. The quantitative estimate of drug-likeness (QED) is 0.327. The van der Waals surface area contributed by atoms with Crippen LogP contribution in [0.4, 0.5) is 4.39 Å². The van der Waals surface area contributed by atoms with Crippen LogP contribution in [0.3, 0.4) is 0 Å². The van der Waals surface area contributed by atoms with Crippen molar-refractivity contribution in [3.63, 3.8) is 0 Å². The second-order valence-electron chi connectivity index (χ2n) is 2.00. The molecule has 2 nitrogen and oxygen atoms in total. The second kappa shape index (κ2) is 3.74. The van der Waals surface area contributed by atoms with E-state index in [9.17, 15) is 4.39 Å². The molecule has 0 aromatic heterocycles. The molecule has 0 saturated heterocycles. The van der Waals surface area contributed by atoms with E-state index in [0.717, 1.165) is 12.3 Å². The van der Waals surface area contributed by atoms with Crippen LogP contribution in [-0.4, -0.2) is 11.4 Å². The van der Waals surface area contributed by atoms with Gasteiger partial charge in [-0.15, -0.1) is 0 Å². The third-order valence-electron chi connectivity index (χ3n) is 1.27. The second-order valence-corrected chi connectivity index (χ2v) is 2.79. The Morgan fingerprint density at radius 1 is 1.42 bits per heavy atom. The van der Waals surface area contributed by atoms with Crippen molar-refractivity contribution in [3.8, 4) is 0 Å². The van der Waals surface area contributed by atoms with Gasteiger partial charge in [-0.2, -0.15) is 0 Å². The summed E-state index contributed by atoms with van der Waals surface area (Å²) >= 11 is 11.2. The Kier molecular flexibility index (Phi) is 2.89. The summed E-state index contributed by atoms with van der Waals surface area (Å²) in [7, 11) is 0. The Balaban J connectivity index is 3.32. The smallest absolute Gasteiger partial charge is 0.133 e. The molecule has 1 N–H and O–H groups in total.